The van der Waals surface area contributed by atoms with Crippen LogP contribution < -0.4 is 5.32 Å². The average Bonchev–Trinajstić information content (AvgIpc) is 2.03. The van der Waals surface area contributed by atoms with Crippen LogP contribution in [0, 0.1) is 0 Å². The van der Waals surface area contributed by atoms with E-state index in [2.05, 4.69) is 37.7 Å². The predicted octanol–water partition coefficient (Wildman–Crippen LogP) is 1.55. The molecule has 0 radical (unpaired) electrons. The lowest BCUT2D eigenvalue weighted by Crippen LogP contribution is -2.39. The Labute approximate surface area is 85.8 Å². The summed E-state index contributed by atoms with van der Waals surface area (Å²) in [4.78, 5) is 2.37. The van der Waals surface area contributed by atoms with Crippen molar-refractivity contribution in [1.29, 1.82) is 0 Å². The van der Waals surface area contributed by atoms with E-state index in [1.807, 2.05) is 11.8 Å². The highest BCUT2D eigenvalue weighted by atomic mass is 32.2. The van der Waals surface area contributed by atoms with Crippen molar-refractivity contribution < 1.29 is 0 Å². The Morgan fingerprint density at radius 1 is 1.62 bits per heavy atom. The number of nitrogens with one attached hydrogen (secondary N) is 1. The van der Waals surface area contributed by atoms with Crippen LogP contribution in [0.15, 0.2) is 12.3 Å². The highest BCUT2D eigenvalue weighted by Gasteiger charge is 2.20. The third-order valence-corrected chi connectivity index (χ3v) is 3.39. The summed E-state index contributed by atoms with van der Waals surface area (Å²) in [6, 6.07) is 0.500. The molecule has 0 aromatic heterocycles. The number of rotatable bonds is 3. The molecule has 2 nitrogen and oxygen atoms in total. The van der Waals surface area contributed by atoms with Crippen LogP contribution in [-0.2, 0) is 0 Å². The molecule has 1 fully saturated rings. The second-order valence-corrected chi connectivity index (χ2v) is 5.26. The van der Waals surface area contributed by atoms with Crippen molar-refractivity contribution in [3.05, 3.63) is 12.3 Å². The number of thioether (sulfide) groups is 1. The van der Waals surface area contributed by atoms with Gasteiger partial charge >= 0.3 is 0 Å². The monoisotopic (exact) mass is 200 g/mol. The number of nitrogens with zero attached hydrogens (tertiary/aromatic N) is 1. The molecule has 1 aliphatic heterocycles. The van der Waals surface area contributed by atoms with E-state index in [0.29, 0.717) is 11.3 Å². The van der Waals surface area contributed by atoms with Crippen LogP contribution in [0.3, 0.4) is 0 Å². The smallest absolute Gasteiger partial charge is 0.0566 e. The lowest BCUT2D eigenvalue weighted by Gasteiger charge is -2.31. The van der Waals surface area contributed by atoms with E-state index in [1.54, 1.807) is 0 Å². The van der Waals surface area contributed by atoms with Gasteiger partial charge in [0, 0.05) is 30.6 Å². The number of hydrogen-bond acceptors (Lipinski definition) is 3. The minimum atomic E-state index is 0.500. The first-order chi connectivity index (χ1) is 6.09. The molecule has 76 valence electrons. The SMILES string of the molecule is C=C(NC(C)C)C1CN(C)CCS1. The molecule has 0 bridgehead atoms. The van der Waals surface area contributed by atoms with Crippen molar-refractivity contribution in [2.24, 2.45) is 0 Å². The zero-order chi connectivity index (χ0) is 9.84. The molecule has 0 spiro atoms. The summed E-state index contributed by atoms with van der Waals surface area (Å²) in [5, 5.41) is 3.96. The van der Waals surface area contributed by atoms with Gasteiger partial charge in [-0.25, -0.2) is 0 Å². The van der Waals surface area contributed by atoms with Gasteiger partial charge < -0.3 is 10.2 Å². The average molecular weight is 200 g/mol. The summed E-state index contributed by atoms with van der Waals surface area (Å²) in [7, 11) is 2.18. The van der Waals surface area contributed by atoms with E-state index in [4.69, 9.17) is 0 Å². The molecule has 3 heteroatoms. The second-order valence-electron chi connectivity index (χ2n) is 3.95. The molecule has 0 amide bonds. The van der Waals surface area contributed by atoms with Crippen LogP contribution in [0.25, 0.3) is 0 Å². The highest BCUT2D eigenvalue weighted by Crippen LogP contribution is 2.22. The van der Waals surface area contributed by atoms with Gasteiger partial charge in [0.25, 0.3) is 0 Å². The molecule has 1 unspecified atom stereocenters. The fraction of sp³-hybridized carbons (Fsp3) is 0.800. The van der Waals surface area contributed by atoms with Gasteiger partial charge in [-0.3, -0.25) is 0 Å². The first-order valence-electron chi connectivity index (χ1n) is 4.85. The summed E-state index contributed by atoms with van der Waals surface area (Å²) >= 11 is 2.01. The van der Waals surface area contributed by atoms with Gasteiger partial charge in [-0.05, 0) is 20.9 Å². The third kappa shape index (κ3) is 3.61. The molecule has 1 heterocycles. The predicted molar refractivity (Wildman–Crippen MR) is 61.2 cm³/mol. The Kier molecular flexibility index (Phi) is 4.13. The molecular formula is C10H20N2S. The van der Waals surface area contributed by atoms with Crippen molar-refractivity contribution in [2.45, 2.75) is 25.1 Å². The van der Waals surface area contributed by atoms with Crippen molar-refractivity contribution in [3.8, 4) is 0 Å². The van der Waals surface area contributed by atoms with E-state index in [9.17, 15) is 0 Å². The van der Waals surface area contributed by atoms with Crippen LogP contribution in [0.1, 0.15) is 13.8 Å². The van der Waals surface area contributed by atoms with E-state index >= 15 is 0 Å². The van der Waals surface area contributed by atoms with Gasteiger partial charge in [-0.1, -0.05) is 6.58 Å². The Hall–Kier alpha value is -0.150. The largest absolute Gasteiger partial charge is 0.386 e. The Balaban J connectivity index is 2.37. The van der Waals surface area contributed by atoms with Gasteiger partial charge in [0.2, 0.25) is 0 Å². The first kappa shape index (κ1) is 10.9. The lowest BCUT2D eigenvalue weighted by atomic mass is 10.2. The maximum absolute atomic E-state index is 4.09. The molecule has 0 aliphatic carbocycles. The normalized spacial score (nSPS) is 24.8. The van der Waals surface area contributed by atoms with E-state index < -0.39 is 0 Å². The Bertz CT molecular complexity index is 180. The van der Waals surface area contributed by atoms with Crippen LogP contribution in [0.4, 0.5) is 0 Å². The minimum Gasteiger partial charge on any atom is -0.386 e. The van der Waals surface area contributed by atoms with Crippen molar-refractivity contribution in [1.82, 2.24) is 10.2 Å². The standard InChI is InChI=1S/C10H20N2S/c1-8(2)11-9(3)10-7-12(4)5-6-13-10/h8,10-11H,3,5-7H2,1-2,4H3. The zero-order valence-corrected chi connectivity index (χ0v) is 9.66. The molecule has 0 saturated carbocycles. The molecule has 1 rings (SSSR count). The molecule has 0 aromatic rings. The van der Waals surface area contributed by atoms with Crippen LogP contribution >= 0.6 is 11.8 Å². The maximum atomic E-state index is 4.09. The summed E-state index contributed by atoms with van der Waals surface area (Å²) < 4.78 is 0. The molecule has 1 atom stereocenters. The first-order valence-corrected chi connectivity index (χ1v) is 5.90. The van der Waals surface area contributed by atoms with Crippen LogP contribution in [0.5, 0.6) is 0 Å². The van der Waals surface area contributed by atoms with E-state index in [0.717, 1.165) is 6.54 Å². The maximum Gasteiger partial charge on any atom is 0.0566 e. The van der Waals surface area contributed by atoms with Gasteiger partial charge in [0.05, 0.1) is 5.25 Å². The molecule has 0 aromatic carbocycles. The molecular weight excluding hydrogens is 180 g/mol. The molecule has 1 saturated heterocycles. The lowest BCUT2D eigenvalue weighted by molar-refractivity contribution is 0.350. The Morgan fingerprint density at radius 2 is 2.31 bits per heavy atom. The highest BCUT2D eigenvalue weighted by molar-refractivity contribution is 8.00. The quantitative estimate of drug-likeness (QED) is 0.744. The Morgan fingerprint density at radius 3 is 2.85 bits per heavy atom. The van der Waals surface area contributed by atoms with Gasteiger partial charge in [0.15, 0.2) is 0 Å². The molecule has 1 N–H and O–H groups in total. The summed E-state index contributed by atoms with van der Waals surface area (Å²) in [5.41, 5.74) is 1.19. The number of hydrogen-bond donors (Lipinski definition) is 1. The van der Waals surface area contributed by atoms with Gasteiger partial charge in [0.1, 0.15) is 0 Å². The third-order valence-electron chi connectivity index (χ3n) is 2.13. The van der Waals surface area contributed by atoms with Gasteiger partial charge in [-0.2, -0.15) is 0 Å². The van der Waals surface area contributed by atoms with Crippen LogP contribution in [0.2, 0.25) is 0 Å². The summed E-state index contributed by atoms with van der Waals surface area (Å²) in [5.74, 6) is 1.22. The van der Waals surface area contributed by atoms with Crippen LogP contribution in [-0.4, -0.2) is 42.1 Å². The van der Waals surface area contributed by atoms with Crippen molar-refractivity contribution >= 4 is 11.8 Å². The van der Waals surface area contributed by atoms with E-state index in [-0.39, 0.29) is 0 Å². The van der Waals surface area contributed by atoms with Crippen molar-refractivity contribution in [3.63, 3.8) is 0 Å². The molecule has 1 aliphatic rings. The molecule has 13 heavy (non-hydrogen) atoms. The van der Waals surface area contributed by atoms with Gasteiger partial charge in [-0.15, -0.1) is 11.8 Å². The fourth-order valence-corrected chi connectivity index (χ4v) is 2.78. The zero-order valence-electron chi connectivity index (χ0n) is 8.84. The second kappa shape index (κ2) is 4.91. The topological polar surface area (TPSA) is 15.3 Å². The van der Waals surface area contributed by atoms with E-state index in [1.165, 1.54) is 18.0 Å². The summed E-state index contributed by atoms with van der Waals surface area (Å²) in [6.07, 6.45) is 0. The minimum absolute atomic E-state index is 0.500. The van der Waals surface area contributed by atoms with Crippen molar-refractivity contribution in [2.75, 3.05) is 25.9 Å². The summed E-state index contributed by atoms with van der Waals surface area (Å²) in [6.45, 7) is 10.7. The fourth-order valence-electron chi connectivity index (χ4n) is 1.45.